The van der Waals surface area contributed by atoms with E-state index in [1.807, 2.05) is 0 Å². The van der Waals surface area contributed by atoms with Crippen LogP contribution in [0.5, 0.6) is 0 Å². The van der Waals surface area contributed by atoms with Gasteiger partial charge in [0.15, 0.2) is 0 Å². The topological polar surface area (TPSA) is 156 Å². The molecule has 0 bridgehead atoms. The predicted octanol–water partition coefficient (Wildman–Crippen LogP) is 0.300. The summed E-state index contributed by atoms with van der Waals surface area (Å²) in [4.78, 5) is 21.7. The fourth-order valence-electron chi connectivity index (χ4n) is 2.58. The van der Waals surface area contributed by atoms with Gasteiger partial charge in [0.1, 0.15) is 0 Å². The highest BCUT2D eigenvalue weighted by molar-refractivity contribution is 5.86. The quantitative estimate of drug-likeness (QED) is 0.202. The molecule has 0 aromatic rings. The molecule has 8 nitrogen and oxygen atoms in total. The lowest BCUT2D eigenvalue weighted by atomic mass is 9.84. The van der Waals surface area contributed by atoms with Crippen molar-refractivity contribution in [2.75, 3.05) is 6.61 Å². The fourth-order valence-corrected chi connectivity index (χ4v) is 2.58. The van der Waals surface area contributed by atoms with Gasteiger partial charge < -0.3 is 30.6 Å². The van der Waals surface area contributed by atoms with Crippen LogP contribution in [0.2, 0.25) is 0 Å². The highest BCUT2D eigenvalue weighted by Gasteiger charge is 2.32. The molecule has 4 unspecified atom stereocenters. The van der Waals surface area contributed by atoms with Crippen molar-refractivity contribution in [3.63, 3.8) is 0 Å². The molecule has 0 aromatic carbocycles. The number of carbonyl (C=O) groups is 2. The van der Waals surface area contributed by atoms with Crippen molar-refractivity contribution in [1.82, 2.24) is 0 Å². The van der Waals surface area contributed by atoms with E-state index in [1.54, 1.807) is 6.92 Å². The van der Waals surface area contributed by atoms with E-state index in [-0.39, 0.29) is 30.4 Å². The SMILES string of the molecule is C=C(C(=O)O)C(CCC)C(O)C(O)CC(O)C(=CCO)CCC(=O)O. The van der Waals surface area contributed by atoms with Crippen molar-refractivity contribution in [1.29, 1.82) is 0 Å². The number of hydrogen-bond acceptors (Lipinski definition) is 6. The molecule has 6 N–H and O–H groups in total. The molecule has 0 saturated heterocycles. The molecule has 0 heterocycles. The monoisotopic (exact) mass is 360 g/mol. The second-order valence-electron chi connectivity index (χ2n) is 5.89. The highest BCUT2D eigenvalue weighted by Crippen LogP contribution is 2.25. The Hall–Kier alpha value is -1.74. The number of aliphatic carboxylic acids is 2. The van der Waals surface area contributed by atoms with Crippen LogP contribution in [0.25, 0.3) is 0 Å². The predicted molar refractivity (Wildman–Crippen MR) is 89.8 cm³/mol. The van der Waals surface area contributed by atoms with Crippen molar-refractivity contribution >= 4 is 11.9 Å². The normalized spacial score (nSPS) is 16.8. The third kappa shape index (κ3) is 8.26. The van der Waals surface area contributed by atoms with Crippen LogP contribution in [0.4, 0.5) is 0 Å². The largest absolute Gasteiger partial charge is 0.481 e. The summed E-state index contributed by atoms with van der Waals surface area (Å²) in [6, 6.07) is 0. The second kappa shape index (κ2) is 11.8. The van der Waals surface area contributed by atoms with Gasteiger partial charge in [0.25, 0.3) is 0 Å². The van der Waals surface area contributed by atoms with Crippen LogP contribution in [0.15, 0.2) is 23.8 Å². The smallest absolute Gasteiger partial charge is 0.331 e. The van der Waals surface area contributed by atoms with Crippen LogP contribution < -0.4 is 0 Å². The molecule has 8 heteroatoms. The van der Waals surface area contributed by atoms with E-state index >= 15 is 0 Å². The third-order valence-electron chi connectivity index (χ3n) is 4.00. The molecule has 0 aliphatic heterocycles. The summed E-state index contributed by atoms with van der Waals surface area (Å²) in [5.74, 6) is -3.21. The van der Waals surface area contributed by atoms with Gasteiger partial charge in [-0.25, -0.2) is 4.79 Å². The first kappa shape index (κ1) is 23.3. The molecule has 25 heavy (non-hydrogen) atoms. The van der Waals surface area contributed by atoms with E-state index in [0.717, 1.165) is 0 Å². The molecule has 0 aliphatic carbocycles. The average molecular weight is 360 g/mol. The van der Waals surface area contributed by atoms with Crippen molar-refractivity contribution in [2.45, 2.75) is 57.3 Å². The molecule has 0 spiro atoms. The number of aliphatic hydroxyl groups excluding tert-OH is 4. The summed E-state index contributed by atoms with van der Waals surface area (Å²) in [6.07, 6.45) is -2.60. The number of carboxylic acid groups (broad SMARTS) is 2. The standard InChI is InChI=1S/C17H28O8/c1-3-4-12(10(2)17(24)25)16(23)14(20)9-13(19)11(7-8-18)5-6-15(21)22/h7,12-14,16,18-20,23H,2-6,8-9H2,1H3,(H,21,22)(H,24,25). The van der Waals surface area contributed by atoms with Gasteiger partial charge in [-0.3, -0.25) is 4.79 Å². The van der Waals surface area contributed by atoms with E-state index in [1.165, 1.54) is 6.08 Å². The molecule has 144 valence electrons. The Morgan fingerprint density at radius 3 is 2.16 bits per heavy atom. The van der Waals surface area contributed by atoms with Crippen LogP contribution >= 0.6 is 0 Å². The molecule has 0 saturated carbocycles. The van der Waals surface area contributed by atoms with Crippen molar-refractivity contribution < 1.29 is 40.2 Å². The van der Waals surface area contributed by atoms with E-state index < -0.39 is 42.8 Å². The summed E-state index contributed by atoms with van der Waals surface area (Å²) < 4.78 is 0. The molecule has 4 atom stereocenters. The molecule has 0 rings (SSSR count). The maximum absolute atomic E-state index is 11.1. The minimum absolute atomic E-state index is 0.0138. The average Bonchev–Trinajstić information content (AvgIpc) is 2.54. The Labute approximate surface area is 146 Å². The fraction of sp³-hybridized carbons (Fsp3) is 0.647. The molecular formula is C17H28O8. The van der Waals surface area contributed by atoms with Crippen molar-refractivity contribution in [2.24, 2.45) is 5.92 Å². The van der Waals surface area contributed by atoms with Crippen LogP contribution in [-0.2, 0) is 9.59 Å². The zero-order valence-corrected chi connectivity index (χ0v) is 14.3. The van der Waals surface area contributed by atoms with E-state index in [4.69, 9.17) is 15.3 Å². The van der Waals surface area contributed by atoms with Gasteiger partial charge in [-0.05, 0) is 18.4 Å². The highest BCUT2D eigenvalue weighted by atomic mass is 16.4. The summed E-state index contributed by atoms with van der Waals surface area (Å²) in [5, 5.41) is 57.3. The van der Waals surface area contributed by atoms with Crippen LogP contribution in [0.1, 0.15) is 39.0 Å². The Balaban J connectivity index is 5.02. The minimum atomic E-state index is -1.44. The molecule has 0 aliphatic rings. The summed E-state index contributed by atoms with van der Waals surface area (Å²) in [7, 11) is 0. The minimum Gasteiger partial charge on any atom is -0.481 e. The zero-order valence-electron chi connectivity index (χ0n) is 14.3. The van der Waals surface area contributed by atoms with Crippen molar-refractivity contribution in [3.05, 3.63) is 23.8 Å². The van der Waals surface area contributed by atoms with Crippen molar-refractivity contribution in [3.8, 4) is 0 Å². The second-order valence-corrected chi connectivity index (χ2v) is 5.89. The zero-order chi connectivity index (χ0) is 19.6. The van der Waals surface area contributed by atoms with Gasteiger partial charge in [-0.1, -0.05) is 26.0 Å². The Bertz CT molecular complexity index is 485. The lowest BCUT2D eigenvalue weighted by Crippen LogP contribution is -2.38. The Morgan fingerprint density at radius 1 is 1.12 bits per heavy atom. The maximum atomic E-state index is 11.1. The molecular weight excluding hydrogens is 332 g/mol. The number of aliphatic hydroxyl groups is 4. The van der Waals surface area contributed by atoms with Gasteiger partial charge in [-0.2, -0.15) is 0 Å². The Morgan fingerprint density at radius 2 is 1.72 bits per heavy atom. The van der Waals surface area contributed by atoms with Gasteiger partial charge in [-0.15, -0.1) is 0 Å². The summed E-state index contributed by atoms with van der Waals surface area (Å²) >= 11 is 0. The van der Waals surface area contributed by atoms with Crippen LogP contribution in [0, 0.1) is 5.92 Å². The molecule has 0 aromatic heterocycles. The van der Waals surface area contributed by atoms with E-state index in [0.29, 0.717) is 12.8 Å². The van der Waals surface area contributed by atoms with Gasteiger partial charge in [0.2, 0.25) is 0 Å². The van der Waals surface area contributed by atoms with Crippen LogP contribution in [-0.4, -0.2) is 67.5 Å². The Kier molecular flexibility index (Phi) is 10.9. The molecule has 0 fully saturated rings. The summed E-state index contributed by atoms with van der Waals surface area (Å²) in [6.45, 7) is 4.82. The van der Waals surface area contributed by atoms with E-state index in [2.05, 4.69) is 6.58 Å². The van der Waals surface area contributed by atoms with E-state index in [9.17, 15) is 24.9 Å². The van der Waals surface area contributed by atoms with Gasteiger partial charge in [0.05, 0.1) is 24.9 Å². The lowest BCUT2D eigenvalue weighted by molar-refractivity contribution is -0.137. The van der Waals surface area contributed by atoms with Crippen LogP contribution in [0.3, 0.4) is 0 Å². The first-order chi connectivity index (χ1) is 11.6. The van der Waals surface area contributed by atoms with Gasteiger partial charge >= 0.3 is 11.9 Å². The van der Waals surface area contributed by atoms with Gasteiger partial charge in [0, 0.05) is 24.3 Å². The third-order valence-corrected chi connectivity index (χ3v) is 4.00. The number of hydrogen-bond donors (Lipinski definition) is 6. The summed E-state index contributed by atoms with van der Waals surface area (Å²) in [5.41, 5.74) is 0.0140. The molecule has 0 radical (unpaired) electrons. The first-order valence-corrected chi connectivity index (χ1v) is 8.13. The maximum Gasteiger partial charge on any atom is 0.331 e. The molecule has 0 amide bonds. The lowest BCUT2D eigenvalue weighted by Gasteiger charge is -2.28. The number of rotatable bonds is 13. The first-order valence-electron chi connectivity index (χ1n) is 8.13. The number of carboxylic acids is 2.